The summed E-state index contributed by atoms with van der Waals surface area (Å²) in [5, 5.41) is 31.5. The van der Waals surface area contributed by atoms with Crippen LogP contribution in [0.25, 0.3) is 10.8 Å². The topological polar surface area (TPSA) is 234 Å². The zero-order valence-electron chi connectivity index (χ0n) is 10.6. The van der Waals surface area contributed by atoms with Gasteiger partial charge in [0.05, 0.1) is 0 Å². The highest BCUT2D eigenvalue weighted by Gasteiger charge is 1.96. The number of carbonyl (C=O) groups excluding carboxylic acids is 2. The quantitative estimate of drug-likeness (QED) is 0.228. The lowest BCUT2D eigenvalue weighted by Crippen LogP contribution is -2.64. The first kappa shape index (κ1) is 22.0. The SMILES string of the molecule is N#CC(=C=[N-])C(N)=O.N#CC(=C=[N-])C(N)=O.[NH3+]CC[NH3+]. The monoisotopic (exact) mass is 278 g/mol. The van der Waals surface area contributed by atoms with E-state index in [9.17, 15) is 9.59 Å². The molecule has 0 aliphatic carbocycles. The zero-order valence-corrected chi connectivity index (χ0v) is 10.6. The summed E-state index contributed by atoms with van der Waals surface area (Å²) in [6.45, 7) is 1.92. The Labute approximate surface area is 114 Å². The largest absolute Gasteiger partial charge is 0.762 e. The molecule has 0 aromatic carbocycles. The fourth-order valence-corrected chi connectivity index (χ4v) is 0.270. The fraction of sp³-hybridized carbons (Fsp3) is 0.200. The molecule has 0 rings (SSSR count). The molecule has 2 amide bonds. The molecule has 0 bridgehead atoms. The molecule has 0 aromatic heterocycles. The van der Waals surface area contributed by atoms with Crippen LogP contribution in [0.1, 0.15) is 0 Å². The number of nitriles is 2. The van der Waals surface area contributed by atoms with Gasteiger partial charge in [0.15, 0.2) is 0 Å². The number of nitrogens with two attached hydrogens (primary N) is 2. The molecule has 0 aliphatic rings. The average Bonchev–Trinajstić information content (AvgIpc) is 2.41. The Bertz CT molecular complexity index is 464. The van der Waals surface area contributed by atoms with Gasteiger partial charge in [0.2, 0.25) is 0 Å². The second-order valence-electron chi connectivity index (χ2n) is 2.63. The van der Waals surface area contributed by atoms with Gasteiger partial charge in [0.25, 0.3) is 11.8 Å². The molecule has 106 valence electrons. The van der Waals surface area contributed by atoms with Gasteiger partial charge >= 0.3 is 0 Å². The molecule has 0 saturated heterocycles. The van der Waals surface area contributed by atoms with Gasteiger partial charge in [-0.05, 0) is 0 Å². The predicted octanol–water partition coefficient (Wildman–Crippen LogP) is -4.21. The van der Waals surface area contributed by atoms with Crippen LogP contribution in [0.4, 0.5) is 0 Å². The first-order chi connectivity index (χ1) is 9.35. The summed E-state index contributed by atoms with van der Waals surface area (Å²) in [5.74, 6) is 0.711. The maximum absolute atomic E-state index is 9.90. The Morgan fingerprint density at radius 1 is 0.900 bits per heavy atom. The van der Waals surface area contributed by atoms with Crippen LogP contribution < -0.4 is 22.9 Å². The van der Waals surface area contributed by atoms with E-state index in [0.29, 0.717) is 0 Å². The lowest BCUT2D eigenvalue weighted by molar-refractivity contribution is -0.453. The van der Waals surface area contributed by atoms with E-state index in [1.54, 1.807) is 0 Å². The Morgan fingerprint density at radius 2 is 1.15 bits per heavy atom. The van der Waals surface area contributed by atoms with E-state index in [0.717, 1.165) is 13.1 Å². The van der Waals surface area contributed by atoms with Crippen LogP contribution in [0.3, 0.4) is 0 Å². The van der Waals surface area contributed by atoms with Gasteiger partial charge < -0.3 is 33.8 Å². The van der Waals surface area contributed by atoms with Gasteiger partial charge in [0, 0.05) is 0 Å². The van der Waals surface area contributed by atoms with Crippen molar-refractivity contribution in [1.82, 2.24) is 0 Å². The van der Waals surface area contributed by atoms with Crippen molar-refractivity contribution in [2.24, 2.45) is 11.5 Å². The number of rotatable bonds is 3. The molecule has 10 N–H and O–H groups in total. The normalized spacial score (nSPS) is 6.60. The first-order valence-electron chi connectivity index (χ1n) is 4.88. The van der Waals surface area contributed by atoms with Gasteiger partial charge in [-0.3, -0.25) is 9.59 Å². The van der Waals surface area contributed by atoms with Crippen molar-refractivity contribution in [2.75, 3.05) is 13.1 Å². The summed E-state index contributed by atoms with van der Waals surface area (Å²) >= 11 is 0. The summed E-state index contributed by atoms with van der Waals surface area (Å²) in [6.07, 6.45) is 0. The summed E-state index contributed by atoms with van der Waals surface area (Å²) in [5.41, 5.74) is 15.0. The molecular formula is C10H14N8O2. The van der Waals surface area contributed by atoms with Crippen LogP contribution in [0.5, 0.6) is 0 Å². The van der Waals surface area contributed by atoms with Crippen LogP contribution in [-0.2, 0) is 9.59 Å². The standard InChI is InChI=1S/2C4H2N3O.C2H8N2/c2*5-1-3(2-6)4(7)8;3-1-2-4/h2*(H2,7,8);1-4H2/q2*-1;/p+2. The summed E-state index contributed by atoms with van der Waals surface area (Å²) < 4.78 is 0. The maximum Gasteiger partial charge on any atom is 0.265 e. The van der Waals surface area contributed by atoms with Crippen LogP contribution in [-0.4, -0.2) is 36.6 Å². The van der Waals surface area contributed by atoms with Crippen molar-refractivity contribution >= 4 is 23.6 Å². The van der Waals surface area contributed by atoms with Gasteiger partial charge in [-0.15, -0.1) is 0 Å². The van der Waals surface area contributed by atoms with Crippen molar-refractivity contribution in [3.63, 3.8) is 0 Å². The highest BCUT2D eigenvalue weighted by atomic mass is 16.1. The molecule has 0 unspecified atom stereocenters. The molecule has 0 atom stereocenters. The second-order valence-corrected chi connectivity index (χ2v) is 2.63. The summed E-state index contributed by atoms with van der Waals surface area (Å²) in [4.78, 5) is 19.8. The predicted molar refractivity (Wildman–Crippen MR) is 68.9 cm³/mol. The Morgan fingerprint density at radius 3 is 1.15 bits per heavy atom. The summed E-state index contributed by atoms with van der Waals surface area (Å²) in [7, 11) is 0. The van der Waals surface area contributed by atoms with Gasteiger partial charge in [0.1, 0.15) is 36.4 Å². The zero-order chi connectivity index (χ0) is 16.6. The van der Waals surface area contributed by atoms with Crippen molar-refractivity contribution < 1.29 is 21.1 Å². The lowest BCUT2D eigenvalue weighted by Gasteiger charge is -1.82. The number of amides is 2. The molecule has 0 saturated carbocycles. The third-order valence-electron chi connectivity index (χ3n) is 1.19. The fourth-order valence-electron chi connectivity index (χ4n) is 0.270. The molecule has 0 radical (unpaired) electrons. The lowest BCUT2D eigenvalue weighted by atomic mass is 10.3. The van der Waals surface area contributed by atoms with Crippen LogP contribution in [0.2, 0.25) is 0 Å². The molecule has 10 heteroatoms. The molecule has 0 heterocycles. The summed E-state index contributed by atoms with van der Waals surface area (Å²) in [6, 6.07) is 2.66. The smallest absolute Gasteiger partial charge is 0.265 e. The molecule has 20 heavy (non-hydrogen) atoms. The minimum Gasteiger partial charge on any atom is -0.762 e. The van der Waals surface area contributed by atoms with Crippen LogP contribution in [0, 0.1) is 22.7 Å². The molecular weight excluding hydrogens is 264 g/mol. The van der Waals surface area contributed by atoms with E-state index in [-0.39, 0.29) is 0 Å². The van der Waals surface area contributed by atoms with Crippen molar-refractivity contribution in [3.8, 4) is 12.1 Å². The van der Waals surface area contributed by atoms with E-state index in [1.807, 2.05) is 0 Å². The first-order valence-corrected chi connectivity index (χ1v) is 4.88. The molecule has 0 aliphatic heterocycles. The van der Waals surface area contributed by atoms with E-state index in [4.69, 9.17) is 21.3 Å². The van der Waals surface area contributed by atoms with E-state index in [2.05, 4.69) is 22.9 Å². The highest BCUT2D eigenvalue weighted by molar-refractivity contribution is 6.05. The van der Waals surface area contributed by atoms with E-state index in [1.165, 1.54) is 23.9 Å². The highest BCUT2D eigenvalue weighted by Crippen LogP contribution is 1.78. The third-order valence-corrected chi connectivity index (χ3v) is 1.19. The molecule has 0 aromatic rings. The Kier molecular flexibility index (Phi) is 17.3. The number of carbonyl (C=O) groups is 2. The Hall–Kier alpha value is -3.26. The van der Waals surface area contributed by atoms with Crippen molar-refractivity contribution in [1.29, 1.82) is 10.5 Å². The van der Waals surface area contributed by atoms with Crippen molar-refractivity contribution in [2.45, 2.75) is 0 Å². The minimum absolute atomic E-state index is 0.565. The number of quaternary nitrogens is 2. The molecule has 0 fully saturated rings. The van der Waals surface area contributed by atoms with Gasteiger partial charge in [-0.1, -0.05) is 0 Å². The second kappa shape index (κ2) is 15.7. The van der Waals surface area contributed by atoms with Crippen LogP contribution >= 0.6 is 0 Å². The number of hydrogen-bond acceptors (Lipinski definition) is 4. The molecule has 10 nitrogen and oxygen atoms in total. The van der Waals surface area contributed by atoms with Gasteiger partial charge in [-0.25, -0.2) is 11.7 Å². The van der Waals surface area contributed by atoms with Crippen molar-refractivity contribution in [3.05, 3.63) is 22.0 Å². The number of primary amides is 2. The number of hydrogen-bond donors (Lipinski definition) is 4. The van der Waals surface area contributed by atoms with Crippen LogP contribution in [0.15, 0.2) is 11.1 Å². The maximum atomic E-state index is 9.90. The van der Waals surface area contributed by atoms with Gasteiger partial charge in [-0.2, -0.15) is 10.5 Å². The average molecular weight is 278 g/mol. The third kappa shape index (κ3) is 14.7. The van der Waals surface area contributed by atoms with E-state index >= 15 is 0 Å². The molecule has 0 spiro atoms. The minimum atomic E-state index is -0.977. The number of nitrogens with zero attached hydrogens (tertiary/aromatic N) is 4. The Balaban J connectivity index is -0.000000230. The van der Waals surface area contributed by atoms with E-state index < -0.39 is 23.0 Å².